The van der Waals surface area contributed by atoms with E-state index in [0.717, 1.165) is 5.19 Å². The number of nitrogens with zero attached hydrogens (tertiary/aromatic N) is 1. The number of hydrogen-bond donors (Lipinski definition) is 0. The lowest BCUT2D eigenvalue weighted by Crippen LogP contribution is -2.37. The standard InChI is InChI=1S/C10H12FNSi/c1-13(2,3)10-5-8(7-12)4-9(11)6-10/h4-6H,1-3H3. The highest BCUT2D eigenvalue weighted by molar-refractivity contribution is 6.88. The molecule has 1 aromatic carbocycles. The van der Waals surface area contributed by atoms with Crippen LogP contribution in [0.4, 0.5) is 4.39 Å². The van der Waals surface area contributed by atoms with Crippen LogP contribution in [0.1, 0.15) is 5.56 Å². The Hall–Kier alpha value is -1.14. The number of rotatable bonds is 1. The van der Waals surface area contributed by atoms with Gasteiger partial charge >= 0.3 is 0 Å². The molecule has 0 spiro atoms. The van der Waals surface area contributed by atoms with Gasteiger partial charge in [0.2, 0.25) is 0 Å². The van der Waals surface area contributed by atoms with Crippen molar-refractivity contribution >= 4 is 13.3 Å². The number of hydrogen-bond acceptors (Lipinski definition) is 1. The van der Waals surface area contributed by atoms with Gasteiger partial charge in [-0.3, -0.25) is 0 Å². The zero-order valence-corrected chi connectivity index (χ0v) is 9.06. The van der Waals surface area contributed by atoms with Gasteiger partial charge in [0, 0.05) is 0 Å². The van der Waals surface area contributed by atoms with Gasteiger partial charge in [0.15, 0.2) is 0 Å². The number of nitriles is 1. The van der Waals surface area contributed by atoms with Crippen molar-refractivity contribution in [1.82, 2.24) is 0 Å². The lowest BCUT2D eigenvalue weighted by atomic mass is 10.2. The van der Waals surface area contributed by atoms with Crippen molar-refractivity contribution in [3.63, 3.8) is 0 Å². The maximum absolute atomic E-state index is 13.0. The molecule has 0 amide bonds. The minimum absolute atomic E-state index is 0.309. The summed E-state index contributed by atoms with van der Waals surface area (Å²) in [6, 6.07) is 6.55. The minimum Gasteiger partial charge on any atom is -0.207 e. The van der Waals surface area contributed by atoms with Crippen LogP contribution in [0, 0.1) is 17.1 Å². The van der Waals surface area contributed by atoms with Gasteiger partial charge in [0.25, 0.3) is 0 Å². The third-order valence-corrected chi connectivity index (χ3v) is 3.91. The molecule has 0 atom stereocenters. The molecule has 0 radical (unpaired) electrons. The summed E-state index contributed by atoms with van der Waals surface area (Å²) in [5.41, 5.74) is 0.414. The van der Waals surface area contributed by atoms with Crippen LogP contribution in [0.5, 0.6) is 0 Å². The topological polar surface area (TPSA) is 23.8 Å². The van der Waals surface area contributed by atoms with Crippen LogP contribution in [-0.2, 0) is 0 Å². The summed E-state index contributed by atoms with van der Waals surface area (Å²) in [5, 5.41) is 9.64. The highest BCUT2D eigenvalue weighted by atomic mass is 28.3. The highest BCUT2D eigenvalue weighted by Gasteiger charge is 2.17. The van der Waals surface area contributed by atoms with Crippen molar-refractivity contribution in [2.45, 2.75) is 19.6 Å². The van der Waals surface area contributed by atoms with Crippen LogP contribution in [0.2, 0.25) is 19.6 Å². The molecule has 1 nitrogen and oxygen atoms in total. The summed E-state index contributed by atoms with van der Waals surface area (Å²) < 4.78 is 13.0. The Kier molecular flexibility index (Phi) is 2.53. The first-order valence-corrected chi connectivity index (χ1v) is 7.64. The third kappa shape index (κ3) is 2.40. The maximum atomic E-state index is 13.0. The molecule has 1 aromatic rings. The first-order valence-electron chi connectivity index (χ1n) is 4.14. The van der Waals surface area contributed by atoms with Crippen molar-refractivity contribution in [3.05, 3.63) is 29.6 Å². The second kappa shape index (κ2) is 3.31. The zero-order valence-electron chi connectivity index (χ0n) is 8.06. The van der Waals surface area contributed by atoms with E-state index < -0.39 is 8.07 Å². The zero-order chi connectivity index (χ0) is 10.1. The first kappa shape index (κ1) is 9.94. The molecule has 0 bridgehead atoms. The molecule has 0 aliphatic carbocycles. The van der Waals surface area contributed by atoms with Crippen molar-refractivity contribution in [2.24, 2.45) is 0 Å². The maximum Gasteiger partial charge on any atom is 0.124 e. The summed E-state index contributed by atoms with van der Waals surface area (Å²) in [4.78, 5) is 0. The van der Waals surface area contributed by atoms with Crippen molar-refractivity contribution in [2.75, 3.05) is 0 Å². The van der Waals surface area contributed by atoms with E-state index in [1.54, 1.807) is 6.07 Å². The van der Waals surface area contributed by atoms with Crippen LogP contribution in [-0.4, -0.2) is 8.07 Å². The summed E-state index contributed by atoms with van der Waals surface area (Å²) in [6.45, 7) is 6.38. The largest absolute Gasteiger partial charge is 0.207 e. The Balaban J connectivity index is 3.26. The number of benzene rings is 1. The lowest BCUT2D eigenvalue weighted by molar-refractivity contribution is 0.628. The Morgan fingerprint density at radius 1 is 1.23 bits per heavy atom. The Morgan fingerprint density at radius 3 is 2.31 bits per heavy atom. The van der Waals surface area contributed by atoms with E-state index in [-0.39, 0.29) is 5.82 Å². The predicted octanol–water partition coefficient (Wildman–Crippen LogP) is 2.24. The molecule has 68 valence electrons. The molecule has 0 N–H and O–H groups in total. The monoisotopic (exact) mass is 193 g/mol. The third-order valence-electron chi connectivity index (χ3n) is 1.89. The van der Waals surface area contributed by atoms with Gasteiger partial charge < -0.3 is 0 Å². The molecule has 0 aliphatic rings. The van der Waals surface area contributed by atoms with Crippen LogP contribution in [0.15, 0.2) is 18.2 Å². The molecule has 0 unspecified atom stereocenters. The Bertz CT molecular complexity index is 360. The summed E-state index contributed by atoms with van der Waals surface area (Å²) in [5.74, 6) is -0.309. The molecule has 0 aliphatic heterocycles. The minimum atomic E-state index is -1.50. The quantitative estimate of drug-likeness (QED) is 0.627. The van der Waals surface area contributed by atoms with E-state index in [0.29, 0.717) is 5.56 Å². The Morgan fingerprint density at radius 2 is 1.85 bits per heavy atom. The SMILES string of the molecule is C[Si](C)(C)c1cc(F)cc(C#N)c1. The molecule has 0 saturated carbocycles. The van der Waals surface area contributed by atoms with Gasteiger partial charge in [-0.05, 0) is 18.2 Å². The van der Waals surface area contributed by atoms with Crippen LogP contribution in [0.25, 0.3) is 0 Å². The molecule has 0 heterocycles. The van der Waals surface area contributed by atoms with Crippen molar-refractivity contribution in [1.29, 1.82) is 5.26 Å². The summed E-state index contributed by atoms with van der Waals surface area (Å²) >= 11 is 0. The lowest BCUT2D eigenvalue weighted by Gasteiger charge is -2.16. The normalized spacial score (nSPS) is 11.0. The molecule has 3 heteroatoms. The van der Waals surface area contributed by atoms with Crippen molar-refractivity contribution < 1.29 is 4.39 Å². The molecule has 1 rings (SSSR count). The fraction of sp³-hybridized carbons (Fsp3) is 0.300. The summed E-state index contributed by atoms with van der Waals surface area (Å²) in [7, 11) is -1.50. The molecule has 13 heavy (non-hydrogen) atoms. The average Bonchev–Trinajstić information content (AvgIpc) is 2.01. The van der Waals surface area contributed by atoms with Gasteiger partial charge in [-0.2, -0.15) is 5.26 Å². The van der Waals surface area contributed by atoms with E-state index in [9.17, 15) is 4.39 Å². The van der Waals surface area contributed by atoms with Gasteiger partial charge in [-0.1, -0.05) is 24.8 Å². The van der Waals surface area contributed by atoms with Gasteiger partial charge in [0.05, 0.1) is 19.7 Å². The van der Waals surface area contributed by atoms with Gasteiger partial charge in [-0.25, -0.2) is 4.39 Å². The predicted molar refractivity (Wildman–Crippen MR) is 54.1 cm³/mol. The highest BCUT2D eigenvalue weighted by Crippen LogP contribution is 2.07. The van der Waals surface area contributed by atoms with Crippen LogP contribution in [0.3, 0.4) is 0 Å². The summed E-state index contributed by atoms with van der Waals surface area (Å²) in [6.07, 6.45) is 0. The van der Waals surface area contributed by atoms with E-state index in [4.69, 9.17) is 5.26 Å². The van der Waals surface area contributed by atoms with E-state index in [1.165, 1.54) is 12.1 Å². The Labute approximate surface area is 78.8 Å². The fourth-order valence-electron chi connectivity index (χ4n) is 1.09. The average molecular weight is 193 g/mol. The van der Waals surface area contributed by atoms with Crippen LogP contribution >= 0.6 is 0 Å². The molecular weight excluding hydrogens is 181 g/mol. The smallest absolute Gasteiger partial charge is 0.124 e. The second-order valence-corrected chi connectivity index (χ2v) is 9.17. The van der Waals surface area contributed by atoms with E-state index in [1.807, 2.05) is 6.07 Å². The fourth-order valence-corrected chi connectivity index (χ4v) is 2.25. The first-order chi connectivity index (χ1) is 5.93. The number of halogens is 1. The molecule has 0 fully saturated rings. The van der Waals surface area contributed by atoms with E-state index >= 15 is 0 Å². The van der Waals surface area contributed by atoms with Crippen LogP contribution < -0.4 is 5.19 Å². The molecular formula is C10H12FNSi. The van der Waals surface area contributed by atoms with E-state index in [2.05, 4.69) is 19.6 Å². The molecule has 0 saturated heterocycles. The molecule has 0 aromatic heterocycles. The van der Waals surface area contributed by atoms with Gasteiger partial charge in [0.1, 0.15) is 5.82 Å². The van der Waals surface area contributed by atoms with Gasteiger partial charge in [-0.15, -0.1) is 0 Å². The van der Waals surface area contributed by atoms with Crippen molar-refractivity contribution in [3.8, 4) is 6.07 Å². The second-order valence-electron chi connectivity index (χ2n) is 4.09.